The van der Waals surface area contributed by atoms with Crippen molar-refractivity contribution in [2.75, 3.05) is 18.4 Å². The van der Waals surface area contributed by atoms with Crippen molar-refractivity contribution in [2.45, 2.75) is 25.4 Å². The number of benzene rings is 1. The minimum atomic E-state index is -4.35. The Kier molecular flexibility index (Phi) is 5.39. The number of carbonyl (C=O) groups excluding carboxylic acids is 1. The molecule has 0 saturated carbocycles. The SMILES string of the molecule is O=C(Nc1ncc(Cc2cccc(C(F)(F)F)c2)s1)C1CCCNC1. The minimum Gasteiger partial charge on any atom is -0.316 e. The molecule has 25 heavy (non-hydrogen) atoms. The molecule has 2 N–H and O–H groups in total. The number of hydrogen-bond donors (Lipinski definition) is 2. The van der Waals surface area contributed by atoms with Crippen LogP contribution in [0.3, 0.4) is 0 Å². The van der Waals surface area contributed by atoms with Crippen molar-refractivity contribution < 1.29 is 18.0 Å². The zero-order valence-electron chi connectivity index (χ0n) is 13.4. The molecule has 3 rings (SSSR count). The van der Waals surface area contributed by atoms with Crippen molar-refractivity contribution in [3.63, 3.8) is 0 Å². The van der Waals surface area contributed by atoms with Crippen LogP contribution in [0, 0.1) is 5.92 Å². The molecule has 1 atom stereocenters. The number of anilines is 1. The van der Waals surface area contributed by atoms with Gasteiger partial charge in [0.15, 0.2) is 5.13 Å². The zero-order valence-corrected chi connectivity index (χ0v) is 14.2. The van der Waals surface area contributed by atoms with Crippen LogP contribution in [0.4, 0.5) is 18.3 Å². The van der Waals surface area contributed by atoms with Gasteiger partial charge in [-0.15, -0.1) is 11.3 Å². The molecular formula is C17H18F3N3OS. The predicted molar refractivity (Wildman–Crippen MR) is 90.6 cm³/mol. The Morgan fingerprint density at radius 1 is 1.40 bits per heavy atom. The number of nitrogens with zero attached hydrogens (tertiary/aromatic N) is 1. The number of aromatic nitrogens is 1. The standard InChI is InChI=1S/C17H18F3N3OS/c18-17(19,20)13-5-1-3-11(7-13)8-14-10-22-16(25-14)23-15(24)12-4-2-6-21-9-12/h1,3,5,7,10,12,21H,2,4,6,8-9H2,(H,22,23,24). The van der Waals surface area contributed by atoms with Crippen LogP contribution in [-0.2, 0) is 17.4 Å². The second kappa shape index (κ2) is 7.53. The molecule has 2 aromatic rings. The van der Waals surface area contributed by atoms with E-state index in [1.807, 2.05) is 0 Å². The summed E-state index contributed by atoms with van der Waals surface area (Å²) in [4.78, 5) is 17.1. The molecule has 1 saturated heterocycles. The van der Waals surface area contributed by atoms with E-state index in [2.05, 4.69) is 15.6 Å². The topological polar surface area (TPSA) is 54.0 Å². The number of nitrogens with one attached hydrogen (secondary N) is 2. The normalized spacial score (nSPS) is 18.1. The van der Waals surface area contributed by atoms with Gasteiger partial charge in [0.2, 0.25) is 5.91 Å². The van der Waals surface area contributed by atoms with E-state index in [4.69, 9.17) is 0 Å². The monoisotopic (exact) mass is 369 g/mol. The number of alkyl halides is 3. The maximum absolute atomic E-state index is 12.8. The van der Waals surface area contributed by atoms with Crippen LogP contribution in [0.1, 0.15) is 28.8 Å². The van der Waals surface area contributed by atoms with Crippen molar-refractivity contribution in [1.29, 1.82) is 0 Å². The van der Waals surface area contributed by atoms with Crippen LogP contribution in [0.25, 0.3) is 0 Å². The lowest BCUT2D eigenvalue weighted by atomic mass is 9.99. The van der Waals surface area contributed by atoms with Gasteiger partial charge in [0.1, 0.15) is 0 Å². The number of piperidine rings is 1. The number of halogens is 3. The Morgan fingerprint density at radius 3 is 2.96 bits per heavy atom. The van der Waals surface area contributed by atoms with Crippen LogP contribution in [-0.4, -0.2) is 24.0 Å². The highest BCUT2D eigenvalue weighted by Crippen LogP contribution is 2.30. The van der Waals surface area contributed by atoms with Gasteiger partial charge in [-0.25, -0.2) is 4.98 Å². The molecule has 0 radical (unpaired) electrons. The Balaban J connectivity index is 1.63. The average molecular weight is 369 g/mol. The fraction of sp³-hybridized carbons (Fsp3) is 0.412. The Hall–Kier alpha value is -1.93. The maximum atomic E-state index is 12.8. The van der Waals surface area contributed by atoms with Gasteiger partial charge in [-0.1, -0.05) is 18.2 Å². The molecule has 0 spiro atoms. The fourth-order valence-electron chi connectivity index (χ4n) is 2.79. The van der Waals surface area contributed by atoms with E-state index in [0.29, 0.717) is 23.7 Å². The summed E-state index contributed by atoms with van der Waals surface area (Å²) in [5, 5.41) is 6.47. The molecule has 4 nitrogen and oxygen atoms in total. The van der Waals surface area contributed by atoms with Gasteiger partial charge in [0.25, 0.3) is 0 Å². The highest BCUT2D eigenvalue weighted by Gasteiger charge is 2.30. The highest BCUT2D eigenvalue weighted by molar-refractivity contribution is 7.15. The van der Waals surface area contributed by atoms with Crippen molar-refractivity contribution in [3.8, 4) is 0 Å². The summed E-state index contributed by atoms with van der Waals surface area (Å²) < 4.78 is 38.3. The molecule has 134 valence electrons. The van der Waals surface area contributed by atoms with Crippen LogP contribution in [0.15, 0.2) is 30.5 Å². The van der Waals surface area contributed by atoms with Crippen molar-refractivity contribution in [1.82, 2.24) is 10.3 Å². The molecule has 1 aromatic carbocycles. The molecule has 1 aliphatic heterocycles. The quantitative estimate of drug-likeness (QED) is 0.864. The summed E-state index contributed by atoms with van der Waals surface area (Å²) in [6, 6.07) is 5.25. The molecule has 8 heteroatoms. The molecule has 1 aromatic heterocycles. The first-order valence-electron chi connectivity index (χ1n) is 8.04. The van der Waals surface area contributed by atoms with E-state index < -0.39 is 11.7 Å². The van der Waals surface area contributed by atoms with Gasteiger partial charge < -0.3 is 10.6 Å². The van der Waals surface area contributed by atoms with Gasteiger partial charge in [0.05, 0.1) is 11.5 Å². The molecule has 1 amide bonds. The number of hydrogen-bond acceptors (Lipinski definition) is 4. The van der Waals surface area contributed by atoms with Gasteiger partial charge in [-0.3, -0.25) is 4.79 Å². The lowest BCUT2D eigenvalue weighted by molar-refractivity contribution is -0.137. The van der Waals surface area contributed by atoms with E-state index in [1.54, 1.807) is 12.3 Å². The first kappa shape index (κ1) is 17.9. The summed E-state index contributed by atoms with van der Waals surface area (Å²) in [6.07, 6.45) is -0.586. The van der Waals surface area contributed by atoms with Crippen LogP contribution in [0.2, 0.25) is 0 Å². The van der Waals surface area contributed by atoms with Crippen molar-refractivity contribution >= 4 is 22.4 Å². The van der Waals surface area contributed by atoms with Gasteiger partial charge >= 0.3 is 6.18 Å². The van der Waals surface area contributed by atoms with Crippen LogP contribution in [0.5, 0.6) is 0 Å². The predicted octanol–water partition coefficient (Wildman–Crippen LogP) is 3.69. The van der Waals surface area contributed by atoms with E-state index >= 15 is 0 Å². The van der Waals surface area contributed by atoms with Gasteiger partial charge in [0, 0.05) is 24.0 Å². The van der Waals surface area contributed by atoms with E-state index in [-0.39, 0.29) is 11.8 Å². The largest absolute Gasteiger partial charge is 0.416 e. The Morgan fingerprint density at radius 2 is 2.24 bits per heavy atom. The van der Waals surface area contributed by atoms with Gasteiger partial charge in [-0.2, -0.15) is 13.2 Å². The lowest BCUT2D eigenvalue weighted by Gasteiger charge is -2.21. The third-order valence-electron chi connectivity index (χ3n) is 4.08. The maximum Gasteiger partial charge on any atom is 0.416 e. The summed E-state index contributed by atoms with van der Waals surface area (Å²) in [5.41, 5.74) is -0.0966. The summed E-state index contributed by atoms with van der Waals surface area (Å²) in [6.45, 7) is 1.59. The number of amides is 1. The van der Waals surface area contributed by atoms with E-state index in [1.165, 1.54) is 17.4 Å². The third-order valence-corrected chi connectivity index (χ3v) is 5.00. The Bertz CT molecular complexity index is 739. The summed E-state index contributed by atoms with van der Waals surface area (Å²) in [7, 11) is 0. The average Bonchev–Trinajstić information content (AvgIpc) is 3.02. The molecule has 2 heterocycles. The second-order valence-electron chi connectivity index (χ2n) is 6.04. The minimum absolute atomic E-state index is 0.0628. The first-order chi connectivity index (χ1) is 11.9. The van der Waals surface area contributed by atoms with Gasteiger partial charge in [-0.05, 0) is 31.0 Å². The highest BCUT2D eigenvalue weighted by atomic mass is 32.1. The third kappa shape index (κ3) is 4.79. The van der Waals surface area contributed by atoms with Crippen molar-refractivity contribution in [3.05, 3.63) is 46.5 Å². The molecule has 1 aliphatic rings. The second-order valence-corrected chi connectivity index (χ2v) is 7.15. The smallest absolute Gasteiger partial charge is 0.316 e. The molecule has 1 fully saturated rings. The molecular weight excluding hydrogens is 351 g/mol. The lowest BCUT2D eigenvalue weighted by Crippen LogP contribution is -2.37. The van der Waals surface area contributed by atoms with Crippen molar-refractivity contribution in [2.24, 2.45) is 5.92 Å². The Labute approximate surface area is 147 Å². The summed E-state index contributed by atoms with van der Waals surface area (Å²) >= 11 is 1.29. The van der Waals surface area contributed by atoms with E-state index in [9.17, 15) is 18.0 Å². The van der Waals surface area contributed by atoms with Crippen LogP contribution < -0.4 is 10.6 Å². The number of thiazole rings is 1. The van der Waals surface area contributed by atoms with Crippen LogP contribution >= 0.6 is 11.3 Å². The summed E-state index contributed by atoms with van der Waals surface area (Å²) in [5.74, 6) is -0.128. The molecule has 0 aliphatic carbocycles. The van der Waals surface area contributed by atoms with E-state index in [0.717, 1.165) is 36.4 Å². The number of carbonyl (C=O) groups is 1. The first-order valence-corrected chi connectivity index (χ1v) is 8.86. The molecule has 0 bridgehead atoms. The fourth-order valence-corrected chi connectivity index (χ4v) is 3.64. The molecule has 1 unspecified atom stereocenters. The zero-order chi connectivity index (χ0) is 17.9. The number of rotatable bonds is 4.